The molecular weight excluding hydrogens is 484 g/mol. The number of nitrogens with zero attached hydrogens (tertiary/aromatic N) is 6. The Kier molecular flexibility index (Phi) is 4.25. The zero-order valence-corrected chi connectivity index (χ0v) is 19.2. The molecule has 1 spiro atoms. The number of amides is 1. The van der Waals surface area contributed by atoms with E-state index in [0.717, 1.165) is 34.0 Å². The lowest BCUT2D eigenvalue weighted by Gasteiger charge is -2.54. The van der Waals surface area contributed by atoms with Crippen molar-refractivity contribution in [2.24, 2.45) is 5.41 Å². The summed E-state index contributed by atoms with van der Waals surface area (Å²) in [5, 5.41) is 4.60. The third-order valence-electron chi connectivity index (χ3n) is 6.19. The molecule has 1 amide bonds. The van der Waals surface area contributed by atoms with E-state index in [2.05, 4.69) is 35.9 Å². The Bertz CT molecular complexity index is 1290. The number of carbonyl (C=O) groups is 1. The molecule has 31 heavy (non-hydrogen) atoms. The van der Waals surface area contributed by atoms with Crippen molar-refractivity contribution in [2.45, 2.75) is 19.9 Å². The lowest BCUT2D eigenvalue weighted by atomic mass is 9.78. The van der Waals surface area contributed by atoms with Crippen molar-refractivity contribution in [1.82, 2.24) is 24.5 Å². The molecule has 2 fully saturated rings. The zero-order chi connectivity index (χ0) is 21.3. The van der Waals surface area contributed by atoms with E-state index in [9.17, 15) is 9.59 Å². The Morgan fingerprint density at radius 3 is 2.81 bits per heavy atom. The predicted molar refractivity (Wildman–Crippen MR) is 118 cm³/mol. The number of hydrogen-bond acceptors (Lipinski definition) is 8. The summed E-state index contributed by atoms with van der Waals surface area (Å²) in [6.07, 6.45) is 0.833. The van der Waals surface area contributed by atoms with E-state index in [1.807, 2.05) is 13.0 Å². The van der Waals surface area contributed by atoms with Gasteiger partial charge in [-0.3, -0.25) is 9.59 Å². The maximum absolute atomic E-state index is 12.8. The Morgan fingerprint density at radius 1 is 1.26 bits per heavy atom. The highest BCUT2D eigenvalue weighted by molar-refractivity contribution is 9.11. The van der Waals surface area contributed by atoms with E-state index in [-0.39, 0.29) is 22.6 Å². The highest BCUT2D eigenvalue weighted by atomic mass is 79.9. The van der Waals surface area contributed by atoms with E-state index in [4.69, 9.17) is 4.74 Å². The molecule has 2 saturated heterocycles. The lowest BCUT2D eigenvalue weighted by molar-refractivity contribution is -0.176. The molecule has 3 aliphatic heterocycles. The fourth-order valence-electron chi connectivity index (χ4n) is 4.53. The van der Waals surface area contributed by atoms with Crippen LogP contribution in [0, 0.1) is 12.3 Å². The topological polar surface area (TPSA) is 92.9 Å². The first-order valence-corrected chi connectivity index (χ1v) is 11.7. The van der Waals surface area contributed by atoms with Crippen molar-refractivity contribution in [3.63, 3.8) is 0 Å². The van der Waals surface area contributed by atoms with Gasteiger partial charge in [0.15, 0.2) is 15.4 Å². The van der Waals surface area contributed by atoms with Gasteiger partial charge >= 0.3 is 0 Å². The zero-order valence-electron chi connectivity index (χ0n) is 16.8. The van der Waals surface area contributed by atoms with Gasteiger partial charge in [0.25, 0.3) is 11.5 Å². The number of carbonyl (C=O) groups excluding carboxylic acids is 1. The maximum Gasteiger partial charge on any atom is 0.275 e. The van der Waals surface area contributed by atoms with Crippen molar-refractivity contribution in [1.29, 1.82) is 0 Å². The SMILES string of the molecule is Cc1cc2nc(C(=O)N3CC4(COC4)C3)cc(=O)n2nc1N1CCc2nc(Br)sc2C1. The monoisotopic (exact) mass is 502 g/mol. The minimum Gasteiger partial charge on any atom is -0.380 e. The molecule has 6 heterocycles. The van der Waals surface area contributed by atoms with Crippen LogP contribution in [0.5, 0.6) is 0 Å². The summed E-state index contributed by atoms with van der Waals surface area (Å²) >= 11 is 5.09. The van der Waals surface area contributed by atoms with Gasteiger partial charge in [0.2, 0.25) is 0 Å². The fraction of sp³-hybridized carbons (Fsp3) is 0.450. The summed E-state index contributed by atoms with van der Waals surface area (Å²) in [6, 6.07) is 3.12. The van der Waals surface area contributed by atoms with E-state index in [1.165, 1.54) is 15.5 Å². The summed E-state index contributed by atoms with van der Waals surface area (Å²) < 4.78 is 7.43. The van der Waals surface area contributed by atoms with Gasteiger partial charge < -0.3 is 14.5 Å². The Balaban J connectivity index is 1.31. The Hall–Kier alpha value is -2.37. The van der Waals surface area contributed by atoms with Crippen LogP contribution in [0.15, 0.2) is 20.8 Å². The van der Waals surface area contributed by atoms with E-state index < -0.39 is 0 Å². The lowest BCUT2D eigenvalue weighted by Crippen LogP contribution is -2.67. The molecule has 0 aliphatic carbocycles. The summed E-state index contributed by atoms with van der Waals surface area (Å²) in [5.74, 6) is 0.540. The first kappa shape index (κ1) is 19.3. The number of thiazole rings is 1. The number of halogens is 1. The minimum atomic E-state index is -0.352. The molecule has 9 nitrogen and oxygen atoms in total. The number of rotatable bonds is 2. The fourth-order valence-corrected chi connectivity index (χ4v) is 6.17. The molecule has 3 aliphatic rings. The number of likely N-dealkylation sites (tertiary alicyclic amines) is 1. The Labute approximate surface area is 189 Å². The van der Waals surface area contributed by atoms with Crippen LogP contribution >= 0.6 is 27.3 Å². The predicted octanol–water partition coefficient (Wildman–Crippen LogP) is 1.65. The van der Waals surface area contributed by atoms with Crippen molar-refractivity contribution < 1.29 is 9.53 Å². The largest absolute Gasteiger partial charge is 0.380 e. The molecule has 3 aromatic rings. The summed E-state index contributed by atoms with van der Waals surface area (Å²) in [5.41, 5.74) is 2.36. The third-order valence-corrected chi connectivity index (χ3v) is 7.73. The van der Waals surface area contributed by atoms with Crippen LogP contribution in [0.4, 0.5) is 5.82 Å². The average Bonchev–Trinajstić information content (AvgIpc) is 3.04. The van der Waals surface area contributed by atoms with Gasteiger partial charge in [0.05, 0.1) is 30.9 Å². The van der Waals surface area contributed by atoms with Crippen LogP contribution in [-0.4, -0.2) is 63.2 Å². The van der Waals surface area contributed by atoms with Crippen LogP contribution < -0.4 is 10.5 Å². The summed E-state index contributed by atoms with van der Waals surface area (Å²) in [6.45, 7) is 6.16. The maximum atomic E-state index is 12.8. The molecular formula is C20H19BrN6O3S. The third kappa shape index (κ3) is 3.09. The van der Waals surface area contributed by atoms with Crippen LogP contribution in [0.2, 0.25) is 0 Å². The first-order valence-electron chi connectivity index (χ1n) is 10.1. The van der Waals surface area contributed by atoms with Crippen molar-refractivity contribution in [2.75, 3.05) is 37.7 Å². The second kappa shape index (κ2) is 6.81. The molecule has 0 aromatic carbocycles. The van der Waals surface area contributed by atoms with Crippen molar-refractivity contribution >= 4 is 44.6 Å². The van der Waals surface area contributed by atoms with Crippen LogP contribution in [0.1, 0.15) is 26.6 Å². The molecule has 0 N–H and O–H groups in total. The number of fused-ring (bicyclic) bond motifs is 2. The van der Waals surface area contributed by atoms with Gasteiger partial charge in [-0.15, -0.1) is 16.4 Å². The molecule has 160 valence electrons. The molecule has 6 rings (SSSR count). The molecule has 0 bridgehead atoms. The molecule has 0 radical (unpaired) electrons. The van der Waals surface area contributed by atoms with Crippen LogP contribution in [0.25, 0.3) is 5.65 Å². The van der Waals surface area contributed by atoms with E-state index >= 15 is 0 Å². The van der Waals surface area contributed by atoms with Gasteiger partial charge in [0, 0.05) is 37.0 Å². The number of aryl methyl sites for hydroxylation is 1. The number of hydrogen-bond donors (Lipinski definition) is 0. The smallest absolute Gasteiger partial charge is 0.275 e. The van der Waals surface area contributed by atoms with Crippen molar-refractivity contribution in [3.8, 4) is 0 Å². The second-order valence-corrected chi connectivity index (χ2v) is 10.9. The minimum absolute atomic E-state index is 0.122. The Morgan fingerprint density at radius 2 is 2.06 bits per heavy atom. The van der Waals surface area contributed by atoms with Gasteiger partial charge in [-0.2, -0.15) is 4.52 Å². The second-order valence-electron chi connectivity index (χ2n) is 8.56. The number of ether oxygens (including phenoxy) is 1. The van der Waals surface area contributed by atoms with Crippen LogP contribution in [-0.2, 0) is 17.7 Å². The highest BCUT2D eigenvalue weighted by Gasteiger charge is 2.51. The molecule has 3 aromatic heterocycles. The van der Waals surface area contributed by atoms with Gasteiger partial charge in [-0.1, -0.05) is 0 Å². The molecule has 0 saturated carbocycles. The number of anilines is 1. The molecule has 0 unspecified atom stereocenters. The molecule has 11 heteroatoms. The van der Waals surface area contributed by atoms with Gasteiger partial charge in [-0.05, 0) is 34.5 Å². The standard InChI is InChI=1S/C20H19BrN6O3S/c1-11-4-15-22-13(18(29)26-7-20(8-26)9-30-10-20)5-16(28)27(15)24-17(11)25-3-2-12-14(6-25)31-19(21)23-12/h4-5H,2-3,6-10H2,1H3. The van der Waals surface area contributed by atoms with Gasteiger partial charge in [0.1, 0.15) is 5.69 Å². The van der Waals surface area contributed by atoms with Crippen LogP contribution in [0.3, 0.4) is 0 Å². The molecule has 0 atom stereocenters. The van der Waals surface area contributed by atoms with Crippen molar-refractivity contribution in [3.05, 3.63) is 48.2 Å². The summed E-state index contributed by atoms with van der Waals surface area (Å²) in [7, 11) is 0. The highest BCUT2D eigenvalue weighted by Crippen LogP contribution is 2.38. The number of aromatic nitrogens is 4. The van der Waals surface area contributed by atoms with E-state index in [0.29, 0.717) is 38.5 Å². The quantitative estimate of drug-likeness (QED) is 0.525. The van der Waals surface area contributed by atoms with Gasteiger partial charge in [-0.25, -0.2) is 9.97 Å². The van der Waals surface area contributed by atoms with E-state index in [1.54, 1.807) is 16.2 Å². The normalized spacial score (nSPS) is 19.3. The summed E-state index contributed by atoms with van der Waals surface area (Å²) in [4.78, 5) is 39.7. The average molecular weight is 503 g/mol. The first-order chi connectivity index (χ1) is 14.9.